The first kappa shape index (κ1) is 84.1. The fraction of sp³-hybridized carbons (Fsp3) is 0.940. The van der Waals surface area contributed by atoms with Gasteiger partial charge in [-0.15, -0.1) is 0 Å². The molecule has 510 valence electrons. The van der Waals surface area contributed by atoms with E-state index in [9.17, 15) is 43.2 Å². The molecule has 3 N–H and O–H groups in total. The van der Waals surface area contributed by atoms with Gasteiger partial charge < -0.3 is 33.8 Å². The van der Waals surface area contributed by atoms with Crippen molar-refractivity contribution < 1.29 is 80.2 Å². The minimum Gasteiger partial charge on any atom is -0.462 e. The van der Waals surface area contributed by atoms with Crippen molar-refractivity contribution in [2.24, 2.45) is 11.8 Å². The minimum atomic E-state index is -4.95. The number of aliphatic hydroxyl groups excluding tert-OH is 1. The molecule has 0 spiro atoms. The second-order valence-corrected chi connectivity index (χ2v) is 27.8. The number of hydrogen-bond acceptors (Lipinski definition) is 15. The molecule has 3 unspecified atom stereocenters. The molecule has 0 heterocycles. The first-order valence-electron chi connectivity index (χ1n) is 35.0. The van der Waals surface area contributed by atoms with E-state index in [0.29, 0.717) is 25.7 Å². The molecule has 0 rings (SSSR count). The van der Waals surface area contributed by atoms with Gasteiger partial charge in [0.1, 0.15) is 19.3 Å². The second kappa shape index (κ2) is 59.4. The largest absolute Gasteiger partial charge is 0.472 e. The Labute approximate surface area is 524 Å². The van der Waals surface area contributed by atoms with Crippen molar-refractivity contribution in [1.29, 1.82) is 0 Å². The molecule has 0 radical (unpaired) electrons. The molecular formula is C67H130O17P2. The standard InChI is InChI=1S/C67H130O17P2/c1-7-10-12-14-16-17-18-22-25-33-39-45-51-66(71)83-62(55-77-64(69)49-43-37-29-15-13-11-8-2)57-81-85(73,74)79-53-61(68)54-80-86(75,76)82-58-63(56-78-65(70)50-44-38-32-28-27-31-36-42-48-60(6)9-3)84-67(72)52-46-40-34-26-23-20-19-21-24-30-35-41-47-59(4)5/h59-63,68H,7-58H2,1-6H3,(H,73,74)(H,75,76)/t60?,61-,62+,63+/m0/s1. The van der Waals surface area contributed by atoms with Crippen LogP contribution >= 0.6 is 15.6 Å². The first-order chi connectivity index (χ1) is 41.4. The lowest BCUT2D eigenvalue weighted by atomic mass is 9.99. The van der Waals surface area contributed by atoms with Gasteiger partial charge in [0, 0.05) is 25.7 Å². The van der Waals surface area contributed by atoms with Gasteiger partial charge in [0.05, 0.1) is 26.4 Å². The van der Waals surface area contributed by atoms with Crippen LogP contribution in [0.15, 0.2) is 0 Å². The highest BCUT2D eigenvalue weighted by molar-refractivity contribution is 7.47. The quantitative estimate of drug-likeness (QED) is 0.0222. The van der Waals surface area contributed by atoms with E-state index >= 15 is 0 Å². The molecule has 0 aromatic carbocycles. The van der Waals surface area contributed by atoms with Gasteiger partial charge in [-0.2, -0.15) is 0 Å². The van der Waals surface area contributed by atoms with Crippen LogP contribution in [0.25, 0.3) is 0 Å². The number of esters is 4. The molecule has 0 aliphatic heterocycles. The zero-order valence-corrected chi connectivity index (χ0v) is 57.4. The number of rotatable bonds is 66. The van der Waals surface area contributed by atoms with E-state index in [1.807, 2.05) is 0 Å². The van der Waals surface area contributed by atoms with Gasteiger partial charge in [-0.1, -0.05) is 286 Å². The van der Waals surface area contributed by atoms with Gasteiger partial charge in [0.2, 0.25) is 0 Å². The molecular weight excluding hydrogens is 1140 g/mol. The molecule has 0 amide bonds. The van der Waals surface area contributed by atoms with Gasteiger partial charge in [-0.3, -0.25) is 37.3 Å². The van der Waals surface area contributed by atoms with E-state index in [1.54, 1.807) is 0 Å². The molecule has 17 nitrogen and oxygen atoms in total. The zero-order valence-electron chi connectivity index (χ0n) is 55.6. The molecule has 0 bridgehead atoms. The maximum atomic E-state index is 13.0. The van der Waals surface area contributed by atoms with Crippen LogP contribution in [0.2, 0.25) is 0 Å². The summed E-state index contributed by atoms with van der Waals surface area (Å²) in [5.41, 5.74) is 0. The predicted octanol–water partition coefficient (Wildman–Crippen LogP) is 18.8. The molecule has 86 heavy (non-hydrogen) atoms. The number of unbranched alkanes of at least 4 members (excludes halogenated alkanes) is 35. The third-order valence-electron chi connectivity index (χ3n) is 15.8. The van der Waals surface area contributed by atoms with Crippen LogP contribution in [-0.2, 0) is 65.4 Å². The molecule has 19 heteroatoms. The number of carbonyl (C=O) groups excluding carboxylic acids is 4. The van der Waals surface area contributed by atoms with Crippen LogP contribution in [0, 0.1) is 11.8 Å². The van der Waals surface area contributed by atoms with Gasteiger partial charge >= 0.3 is 39.5 Å². The smallest absolute Gasteiger partial charge is 0.462 e. The fourth-order valence-electron chi connectivity index (χ4n) is 10.0. The third kappa shape index (κ3) is 59.7. The van der Waals surface area contributed by atoms with E-state index in [1.165, 1.54) is 141 Å². The Morgan fingerprint density at radius 2 is 0.593 bits per heavy atom. The molecule has 0 aromatic heterocycles. The number of phosphoric acid groups is 2. The van der Waals surface area contributed by atoms with Gasteiger partial charge in [-0.05, 0) is 37.5 Å². The lowest BCUT2D eigenvalue weighted by Gasteiger charge is -2.21. The van der Waals surface area contributed by atoms with Crippen LogP contribution in [-0.4, -0.2) is 96.7 Å². The number of hydrogen-bond donors (Lipinski definition) is 3. The summed E-state index contributed by atoms with van der Waals surface area (Å²) in [5.74, 6) is -0.578. The Balaban J connectivity index is 5.22. The summed E-state index contributed by atoms with van der Waals surface area (Å²) >= 11 is 0. The summed E-state index contributed by atoms with van der Waals surface area (Å²) in [7, 11) is -9.89. The van der Waals surface area contributed by atoms with E-state index in [-0.39, 0.29) is 25.7 Å². The van der Waals surface area contributed by atoms with E-state index in [0.717, 1.165) is 115 Å². The minimum absolute atomic E-state index is 0.106. The summed E-state index contributed by atoms with van der Waals surface area (Å²) in [6, 6.07) is 0. The van der Waals surface area contributed by atoms with Crippen molar-refractivity contribution in [2.45, 2.75) is 355 Å². The summed E-state index contributed by atoms with van der Waals surface area (Å²) in [6.07, 6.45) is 43.0. The second-order valence-electron chi connectivity index (χ2n) is 24.9. The van der Waals surface area contributed by atoms with Crippen LogP contribution in [0.1, 0.15) is 337 Å². The number of aliphatic hydroxyl groups is 1. The van der Waals surface area contributed by atoms with Crippen LogP contribution in [0.3, 0.4) is 0 Å². The van der Waals surface area contributed by atoms with Crippen molar-refractivity contribution in [3.63, 3.8) is 0 Å². The van der Waals surface area contributed by atoms with Crippen LogP contribution in [0.5, 0.6) is 0 Å². The third-order valence-corrected chi connectivity index (χ3v) is 17.7. The van der Waals surface area contributed by atoms with Crippen molar-refractivity contribution in [3.05, 3.63) is 0 Å². The molecule has 0 aromatic rings. The highest BCUT2D eigenvalue weighted by Crippen LogP contribution is 2.45. The highest BCUT2D eigenvalue weighted by atomic mass is 31.2. The monoisotopic (exact) mass is 1270 g/mol. The summed E-state index contributed by atoms with van der Waals surface area (Å²) in [4.78, 5) is 72.3. The average molecular weight is 1270 g/mol. The predicted molar refractivity (Wildman–Crippen MR) is 345 cm³/mol. The highest BCUT2D eigenvalue weighted by Gasteiger charge is 2.30. The lowest BCUT2D eigenvalue weighted by Crippen LogP contribution is -2.30. The maximum absolute atomic E-state index is 13.0. The first-order valence-corrected chi connectivity index (χ1v) is 38.0. The Bertz CT molecular complexity index is 1690. The van der Waals surface area contributed by atoms with Crippen molar-refractivity contribution in [2.75, 3.05) is 39.6 Å². The number of ether oxygens (including phenoxy) is 4. The van der Waals surface area contributed by atoms with Crippen molar-refractivity contribution in [3.8, 4) is 0 Å². The lowest BCUT2D eigenvalue weighted by molar-refractivity contribution is -0.161. The Hall–Kier alpha value is -1.94. The summed E-state index contributed by atoms with van der Waals surface area (Å²) in [6.45, 7) is 9.50. The topological polar surface area (TPSA) is 237 Å². The molecule has 0 aliphatic carbocycles. The van der Waals surface area contributed by atoms with E-state index < -0.39 is 97.5 Å². The Morgan fingerprint density at radius 1 is 0.337 bits per heavy atom. The van der Waals surface area contributed by atoms with Gasteiger partial charge in [0.15, 0.2) is 12.2 Å². The molecule has 6 atom stereocenters. The summed E-state index contributed by atoms with van der Waals surface area (Å²) in [5, 5.41) is 10.6. The number of carbonyl (C=O) groups is 4. The maximum Gasteiger partial charge on any atom is 0.472 e. The van der Waals surface area contributed by atoms with Gasteiger partial charge in [0.25, 0.3) is 0 Å². The zero-order chi connectivity index (χ0) is 63.6. The van der Waals surface area contributed by atoms with Crippen molar-refractivity contribution >= 4 is 39.5 Å². The normalized spacial score (nSPS) is 14.5. The molecule has 0 aliphatic rings. The molecule has 0 saturated carbocycles. The molecule has 0 fully saturated rings. The Morgan fingerprint density at radius 3 is 0.884 bits per heavy atom. The molecule has 0 saturated heterocycles. The Kier molecular flexibility index (Phi) is 58.0. The van der Waals surface area contributed by atoms with Crippen LogP contribution < -0.4 is 0 Å². The van der Waals surface area contributed by atoms with E-state index in [4.69, 9.17) is 37.0 Å². The SMILES string of the molecule is CCCCCCCCCCCCCCC(=O)O[C@H](COC(=O)CCCCCCCCC)COP(=O)(O)OC[C@H](O)COP(=O)(O)OC[C@@H](COC(=O)CCCCCCCCCCC(C)CC)OC(=O)CCCCCCCCCCCCCCC(C)C. The summed E-state index contributed by atoms with van der Waals surface area (Å²) < 4.78 is 68.1. The van der Waals surface area contributed by atoms with Crippen molar-refractivity contribution in [1.82, 2.24) is 0 Å². The van der Waals surface area contributed by atoms with Gasteiger partial charge in [-0.25, -0.2) is 9.13 Å². The fourth-order valence-corrected chi connectivity index (χ4v) is 11.6. The average Bonchev–Trinajstić information content (AvgIpc) is 3.59. The van der Waals surface area contributed by atoms with Crippen LogP contribution in [0.4, 0.5) is 0 Å². The van der Waals surface area contributed by atoms with E-state index in [2.05, 4.69) is 41.5 Å². The number of phosphoric ester groups is 2.